The molecule has 41 heavy (non-hydrogen) atoms. The number of rotatable bonds is 4. The summed E-state index contributed by atoms with van der Waals surface area (Å²) in [6.45, 7) is 5.55. The summed E-state index contributed by atoms with van der Waals surface area (Å²) in [5.74, 6) is 6.89. The third-order valence-corrected chi connectivity index (χ3v) is 7.22. The number of aromatic nitrogens is 6. The number of hydrogen-bond donors (Lipinski definition) is 1. The first kappa shape index (κ1) is 25.8. The fourth-order valence-corrected chi connectivity index (χ4v) is 5.00. The summed E-state index contributed by atoms with van der Waals surface area (Å²) in [5, 5.41) is 8.73. The molecule has 0 aliphatic carbocycles. The summed E-state index contributed by atoms with van der Waals surface area (Å²) >= 11 is 0. The van der Waals surface area contributed by atoms with Crippen molar-refractivity contribution in [2.75, 3.05) is 0 Å². The van der Waals surface area contributed by atoms with Crippen molar-refractivity contribution in [2.24, 2.45) is 7.05 Å². The molecule has 0 aliphatic heterocycles. The summed E-state index contributed by atoms with van der Waals surface area (Å²) in [6.07, 6.45) is 5.10. The van der Waals surface area contributed by atoms with Gasteiger partial charge < -0.3 is 9.88 Å². The van der Waals surface area contributed by atoms with E-state index in [0.29, 0.717) is 39.2 Å². The number of carbonyl (C=O) groups excluding carboxylic acids is 1. The van der Waals surface area contributed by atoms with Crippen molar-refractivity contribution in [3.8, 4) is 17.5 Å². The second kappa shape index (κ2) is 10.2. The van der Waals surface area contributed by atoms with Crippen LogP contribution in [0, 0.1) is 25.7 Å². The van der Waals surface area contributed by atoms with Crippen molar-refractivity contribution < 1.29 is 4.79 Å². The summed E-state index contributed by atoms with van der Waals surface area (Å²) in [4.78, 5) is 36.4. The van der Waals surface area contributed by atoms with Crippen LogP contribution in [-0.2, 0) is 7.05 Å². The predicted molar refractivity (Wildman–Crippen MR) is 157 cm³/mol. The standard InChI is InChI=1S/C32H27N7O2/c1-20(35-31(40)28-21(2)36-38-17-9-16-33-30(28)38)27-18-24-11-8-10-23(14-15-26-19-34-22(3)37(26)4)29(24)32(41)39(27)25-12-6-5-7-13-25/h5-13,16-20H,1-4H3,(H,35,40)/t20-/m0/s1. The Morgan fingerprint density at radius 2 is 1.80 bits per heavy atom. The van der Waals surface area contributed by atoms with Gasteiger partial charge in [-0.3, -0.25) is 14.2 Å². The lowest BCUT2D eigenvalue weighted by Crippen LogP contribution is -2.32. The Balaban J connectivity index is 1.48. The molecular formula is C32H27N7O2. The van der Waals surface area contributed by atoms with Gasteiger partial charge in [-0.25, -0.2) is 14.5 Å². The fraction of sp³-hybridized carbons (Fsp3) is 0.156. The maximum Gasteiger partial charge on any atom is 0.264 e. The first-order chi connectivity index (χ1) is 19.8. The Hall–Kier alpha value is -5.49. The molecule has 0 fully saturated rings. The van der Waals surface area contributed by atoms with Crippen LogP contribution in [0.15, 0.2) is 84.0 Å². The molecule has 0 unspecified atom stereocenters. The van der Waals surface area contributed by atoms with Crippen LogP contribution in [-0.4, -0.2) is 34.6 Å². The van der Waals surface area contributed by atoms with Gasteiger partial charge in [-0.2, -0.15) is 5.10 Å². The lowest BCUT2D eigenvalue weighted by atomic mass is 10.0. The quantitative estimate of drug-likeness (QED) is 0.336. The van der Waals surface area contributed by atoms with Crippen LogP contribution in [0.5, 0.6) is 0 Å². The third-order valence-electron chi connectivity index (χ3n) is 7.22. The number of imidazole rings is 1. The Bertz CT molecular complexity index is 2070. The zero-order valence-corrected chi connectivity index (χ0v) is 23.1. The molecule has 0 spiro atoms. The highest BCUT2D eigenvalue weighted by molar-refractivity contribution is 6.01. The molecule has 1 N–H and O–H groups in total. The zero-order valence-electron chi connectivity index (χ0n) is 23.1. The maximum atomic E-state index is 14.2. The van der Waals surface area contributed by atoms with Gasteiger partial charge >= 0.3 is 0 Å². The number of carbonyl (C=O) groups is 1. The minimum Gasteiger partial charge on any atom is -0.344 e. The van der Waals surface area contributed by atoms with Gasteiger partial charge in [-0.1, -0.05) is 36.3 Å². The van der Waals surface area contributed by atoms with Crippen LogP contribution in [0.3, 0.4) is 0 Å². The molecule has 0 aliphatic rings. The monoisotopic (exact) mass is 541 g/mol. The van der Waals surface area contributed by atoms with Crippen LogP contribution >= 0.6 is 0 Å². The highest BCUT2D eigenvalue weighted by atomic mass is 16.2. The van der Waals surface area contributed by atoms with Gasteiger partial charge in [0.2, 0.25) is 0 Å². The van der Waals surface area contributed by atoms with Gasteiger partial charge in [-0.15, -0.1) is 0 Å². The number of hydrogen-bond acceptors (Lipinski definition) is 5. The van der Waals surface area contributed by atoms with E-state index in [2.05, 4.69) is 32.2 Å². The van der Waals surface area contributed by atoms with Crippen LogP contribution in [0.25, 0.3) is 22.1 Å². The van der Waals surface area contributed by atoms with Gasteiger partial charge in [-0.05, 0) is 62.4 Å². The normalized spacial score (nSPS) is 11.8. The molecule has 4 aromatic heterocycles. The van der Waals surface area contributed by atoms with Gasteiger partial charge in [0.05, 0.1) is 23.3 Å². The second-order valence-corrected chi connectivity index (χ2v) is 9.86. The van der Waals surface area contributed by atoms with Crippen molar-refractivity contribution in [1.82, 2.24) is 34.0 Å². The molecule has 202 valence electrons. The van der Waals surface area contributed by atoms with Crippen LogP contribution in [0.1, 0.15) is 51.8 Å². The molecule has 6 rings (SSSR count). The fourth-order valence-electron chi connectivity index (χ4n) is 5.00. The van der Waals surface area contributed by atoms with Gasteiger partial charge in [0, 0.05) is 36.4 Å². The van der Waals surface area contributed by atoms with E-state index in [9.17, 15) is 9.59 Å². The molecule has 9 heteroatoms. The van der Waals surface area contributed by atoms with Gasteiger partial charge in [0.15, 0.2) is 5.65 Å². The minimum atomic E-state index is -0.523. The van der Waals surface area contributed by atoms with E-state index in [1.165, 1.54) is 0 Å². The molecule has 9 nitrogen and oxygen atoms in total. The van der Waals surface area contributed by atoms with Crippen LogP contribution in [0.4, 0.5) is 0 Å². The van der Waals surface area contributed by atoms with E-state index >= 15 is 0 Å². The van der Waals surface area contributed by atoms with Crippen LogP contribution in [0.2, 0.25) is 0 Å². The summed E-state index contributed by atoms with van der Waals surface area (Å²) < 4.78 is 5.14. The largest absolute Gasteiger partial charge is 0.344 e. The van der Waals surface area contributed by atoms with E-state index in [0.717, 1.165) is 16.9 Å². The smallest absolute Gasteiger partial charge is 0.264 e. The molecule has 1 atom stereocenters. The lowest BCUT2D eigenvalue weighted by molar-refractivity contribution is 0.0939. The molecule has 2 aromatic carbocycles. The average molecular weight is 542 g/mol. The number of pyridine rings is 1. The number of benzene rings is 2. The van der Waals surface area contributed by atoms with Crippen molar-refractivity contribution in [3.05, 3.63) is 124 Å². The number of para-hydroxylation sites is 1. The number of fused-ring (bicyclic) bond motifs is 2. The molecule has 0 bridgehead atoms. The van der Waals surface area contributed by atoms with Gasteiger partial charge in [0.1, 0.15) is 17.1 Å². The lowest BCUT2D eigenvalue weighted by Gasteiger charge is -2.21. The van der Waals surface area contributed by atoms with E-state index in [-0.39, 0.29) is 11.5 Å². The topological polar surface area (TPSA) is 99.1 Å². The molecule has 4 heterocycles. The van der Waals surface area contributed by atoms with E-state index in [4.69, 9.17) is 0 Å². The van der Waals surface area contributed by atoms with E-state index < -0.39 is 6.04 Å². The molecule has 6 aromatic rings. The average Bonchev–Trinajstić information content (AvgIpc) is 3.49. The summed E-state index contributed by atoms with van der Waals surface area (Å²) in [6, 6.07) is 18.2. The van der Waals surface area contributed by atoms with E-state index in [1.807, 2.05) is 80.1 Å². The Labute approximate surface area is 236 Å². The first-order valence-electron chi connectivity index (χ1n) is 13.2. The number of aryl methyl sites for hydroxylation is 2. The van der Waals surface area contributed by atoms with E-state index in [1.54, 1.807) is 40.7 Å². The third kappa shape index (κ3) is 4.55. The molecule has 1 amide bonds. The highest BCUT2D eigenvalue weighted by Crippen LogP contribution is 2.24. The van der Waals surface area contributed by atoms with Crippen molar-refractivity contribution in [3.63, 3.8) is 0 Å². The molecule has 0 saturated heterocycles. The van der Waals surface area contributed by atoms with Crippen LogP contribution < -0.4 is 10.9 Å². The maximum absolute atomic E-state index is 14.2. The molecule has 0 saturated carbocycles. The Morgan fingerprint density at radius 1 is 1.00 bits per heavy atom. The number of amides is 1. The molecular weight excluding hydrogens is 514 g/mol. The number of nitrogens with zero attached hydrogens (tertiary/aromatic N) is 6. The first-order valence-corrected chi connectivity index (χ1v) is 13.2. The van der Waals surface area contributed by atoms with Crippen molar-refractivity contribution in [2.45, 2.75) is 26.8 Å². The zero-order chi connectivity index (χ0) is 28.7. The van der Waals surface area contributed by atoms with Crippen molar-refractivity contribution in [1.29, 1.82) is 0 Å². The highest BCUT2D eigenvalue weighted by Gasteiger charge is 2.23. The SMILES string of the molecule is Cc1nn2cccnc2c1C(=O)N[C@@H](C)c1cc2cccc(C#Cc3cnc(C)n3C)c2c(=O)n1-c1ccccc1. The Morgan fingerprint density at radius 3 is 2.56 bits per heavy atom. The second-order valence-electron chi connectivity index (χ2n) is 9.86. The predicted octanol–water partition coefficient (Wildman–Crippen LogP) is 4.27. The number of nitrogens with one attached hydrogen (secondary N) is 1. The Kier molecular flexibility index (Phi) is 6.44. The van der Waals surface area contributed by atoms with Crippen molar-refractivity contribution >= 4 is 22.3 Å². The summed E-state index contributed by atoms with van der Waals surface area (Å²) in [5.41, 5.74) is 3.92. The molecule has 0 radical (unpaired) electrons. The summed E-state index contributed by atoms with van der Waals surface area (Å²) in [7, 11) is 1.91. The minimum absolute atomic E-state index is 0.218. The van der Waals surface area contributed by atoms with Gasteiger partial charge in [0.25, 0.3) is 11.5 Å².